The molecule has 0 radical (unpaired) electrons. The normalized spacial score (nSPS) is 47.3. The minimum Gasteiger partial charge on any atom is -0.316 e. The molecule has 0 aromatic carbocycles. The van der Waals surface area contributed by atoms with E-state index in [4.69, 9.17) is 0 Å². The van der Waals surface area contributed by atoms with Crippen LogP contribution in [0, 0.1) is 17.8 Å². The average molecular weight is 236 g/mol. The molecule has 98 valence electrons. The standard InChI is InChI=1S/C15H28N2/c1-3-15-14-9-16-8-12(14)10-17(15)13-6-4-11(2)5-7-13/h11-16H,3-10H2,1-2H3. The highest BCUT2D eigenvalue weighted by molar-refractivity contribution is 5.00. The van der Waals surface area contributed by atoms with Crippen molar-refractivity contribution >= 4 is 0 Å². The molecular formula is C15H28N2. The van der Waals surface area contributed by atoms with E-state index in [1.807, 2.05) is 0 Å². The lowest BCUT2D eigenvalue weighted by molar-refractivity contribution is 0.111. The number of hydrogen-bond acceptors (Lipinski definition) is 2. The van der Waals surface area contributed by atoms with E-state index >= 15 is 0 Å². The van der Waals surface area contributed by atoms with Crippen molar-refractivity contribution in [2.45, 2.75) is 58.0 Å². The Bertz CT molecular complexity index is 258. The second-order valence-corrected chi connectivity index (χ2v) is 6.67. The van der Waals surface area contributed by atoms with Gasteiger partial charge in [0.05, 0.1) is 0 Å². The highest BCUT2D eigenvalue weighted by Gasteiger charge is 2.45. The van der Waals surface area contributed by atoms with E-state index in [1.165, 1.54) is 51.7 Å². The fourth-order valence-corrected chi connectivity index (χ4v) is 4.59. The molecule has 1 aliphatic carbocycles. The number of rotatable bonds is 2. The molecule has 3 fully saturated rings. The van der Waals surface area contributed by atoms with Gasteiger partial charge in [0.15, 0.2) is 0 Å². The molecule has 0 bridgehead atoms. The van der Waals surface area contributed by atoms with Crippen LogP contribution in [0.2, 0.25) is 0 Å². The Morgan fingerprint density at radius 2 is 1.88 bits per heavy atom. The summed E-state index contributed by atoms with van der Waals surface area (Å²) in [7, 11) is 0. The summed E-state index contributed by atoms with van der Waals surface area (Å²) in [6.07, 6.45) is 7.21. The van der Waals surface area contributed by atoms with Gasteiger partial charge in [-0.3, -0.25) is 4.90 Å². The molecule has 1 saturated carbocycles. The average Bonchev–Trinajstić information content (AvgIpc) is 2.89. The maximum atomic E-state index is 3.59. The van der Waals surface area contributed by atoms with Gasteiger partial charge in [-0.2, -0.15) is 0 Å². The molecule has 2 saturated heterocycles. The van der Waals surface area contributed by atoms with Gasteiger partial charge in [0.1, 0.15) is 0 Å². The predicted molar refractivity (Wildman–Crippen MR) is 72.1 cm³/mol. The molecule has 0 spiro atoms. The third-order valence-corrected chi connectivity index (χ3v) is 5.63. The van der Waals surface area contributed by atoms with Crippen LogP contribution in [0.25, 0.3) is 0 Å². The first-order chi connectivity index (χ1) is 8.29. The van der Waals surface area contributed by atoms with Crippen molar-refractivity contribution in [2.24, 2.45) is 17.8 Å². The zero-order chi connectivity index (χ0) is 11.8. The Morgan fingerprint density at radius 1 is 1.12 bits per heavy atom. The summed E-state index contributed by atoms with van der Waals surface area (Å²) in [5, 5.41) is 3.59. The van der Waals surface area contributed by atoms with Crippen LogP contribution in [-0.4, -0.2) is 36.6 Å². The molecule has 0 aromatic rings. The third-order valence-electron chi connectivity index (χ3n) is 5.63. The van der Waals surface area contributed by atoms with E-state index in [9.17, 15) is 0 Å². The van der Waals surface area contributed by atoms with Crippen molar-refractivity contribution in [2.75, 3.05) is 19.6 Å². The largest absolute Gasteiger partial charge is 0.316 e. The summed E-state index contributed by atoms with van der Waals surface area (Å²) in [5.41, 5.74) is 0. The van der Waals surface area contributed by atoms with Crippen molar-refractivity contribution in [1.29, 1.82) is 0 Å². The minimum absolute atomic E-state index is 0.883. The quantitative estimate of drug-likeness (QED) is 0.792. The molecule has 3 rings (SSSR count). The molecule has 2 heteroatoms. The maximum Gasteiger partial charge on any atom is 0.0140 e. The first-order valence-electron chi connectivity index (χ1n) is 7.76. The fraction of sp³-hybridized carbons (Fsp3) is 1.00. The van der Waals surface area contributed by atoms with Crippen LogP contribution in [0.5, 0.6) is 0 Å². The summed E-state index contributed by atoms with van der Waals surface area (Å²) in [6.45, 7) is 8.76. The predicted octanol–water partition coefficient (Wildman–Crippen LogP) is 2.49. The molecule has 3 atom stereocenters. The Morgan fingerprint density at radius 3 is 2.59 bits per heavy atom. The van der Waals surface area contributed by atoms with E-state index in [1.54, 1.807) is 0 Å². The van der Waals surface area contributed by atoms with Crippen LogP contribution >= 0.6 is 0 Å². The SMILES string of the molecule is CCC1C2CNCC2CN1C1CCC(C)CC1. The molecule has 0 aromatic heterocycles. The van der Waals surface area contributed by atoms with E-state index in [2.05, 4.69) is 24.1 Å². The van der Waals surface area contributed by atoms with Crippen LogP contribution < -0.4 is 5.32 Å². The lowest BCUT2D eigenvalue weighted by Crippen LogP contribution is -2.43. The monoisotopic (exact) mass is 236 g/mol. The summed E-state index contributed by atoms with van der Waals surface area (Å²) < 4.78 is 0. The van der Waals surface area contributed by atoms with Gasteiger partial charge in [-0.1, -0.05) is 13.8 Å². The van der Waals surface area contributed by atoms with Crippen molar-refractivity contribution in [3.8, 4) is 0 Å². The second kappa shape index (κ2) is 4.89. The topological polar surface area (TPSA) is 15.3 Å². The van der Waals surface area contributed by atoms with Gasteiger partial charge in [0.25, 0.3) is 0 Å². The fourth-order valence-electron chi connectivity index (χ4n) is 4.59. The Balaban J connectivity index is 1.66. The molecule has 0 amide bonds. The van der Waals surface area contributed by atoms with Crippen molar-refractivity contribution < 1.29 is 0 Å². The number of fused-ring (bicyclic) bond motifs is 1. The van der Waals surface area contributed by atoms with Crippen LogP contribution in [-0.2, 0) is 0 Å². The zero-order valence-corrected chi connectivity index (χ0v) is 11.5. The van der Waals surface area contributed by atoms with Gasteiger partial charge in [0, 0.05) is 18.6 Å². The molecule has 3 aliphatic rings. The van der Waals surface area contributed by atoms with E-state index in [-0.39, 0.29) is 0 Å². The van der Waals surface area contributed by atoms with Crippen LogP contribution in [0.15, 0.2) is 0 Å². The van der Waals surface area contributed by atoms with Gasteiger partial charge in [0.2, 0.25) is 0 Å². The Hall–Kier alpha value is -0.0800. The molecular weight excluding hydrogens is 208 g/mol. The van der Waals surface area contributed by atoms with E-state index < -0.39 is 0 Å². The number of hydrogen-bond donors (Lipinski definition) is 1. The minimum atomic E-state index is 0.883. The summed E-state index contributed by atoms with van der Waals surface area (Å²) in [6, 6.07) is 1.80. The van der Waals surface area contributed by atoms with Gasteiger partial charge in [-0.15, -0.1) is 0 Å². The van der Waals surface area contributed by atoms with Gasteiger partial charge in [-0.25, -0.2) is 0 Å². The third kappa shape index (κ3) is 2.15. The second-order valence-electron chi connectivity index (χ2n) is 6.67. The summed E-state index contributed by atoms with van der Waals surface area (Å²) in [5.74, 6) is 2.90. The summed E-state index contributed by atoms with van der Waals surface area (Å²) >= 11 is 0. The molecule has 2 nitrogen and oxygen atoms in total. The number of nitrogens with zero attached hydrogens (tertiary/aromatic N) is 1. The van der Waals surface area contributed by atoms with Crippen molar-refractivity contribution in [1.82, 2.24) is 10.2 Å². The van der Waals surface area contributed by atoms with E-state index in [0.29, 0.717) is 0 Å². The van der Waals surface area contributed by atoms with Gasteiger partial charge >= 0.3 is 0 Å². The van der Waals surface area contributed by atoms with E-state index in [0.717, 1.165) is 29.8 Å². The molecule has 3 unspecified atom stereocenters. The molecule has 2 heterocycles. The maximum absolute atomic E-state index is 3.59. The van der Waals surface area contributed by atoms with Gasteiger partial charge in [-0.05, 0) is 62.9 Å². The Kier molecular flexibility index (Phi) is 3.45. The highest BCUT2D eigenvalue weighted by atomic mass is 15.2. The number of nitrogens with one attached hydrogen (secondary N) is 1. The summed E-state index contributed by atoms with van der Waals surface area (Å²) in [4.78, 5) is 2.90. The molecule has 1 N–H and O–H groups in total. The number of likely N-dealkylation sites (tertiary alicyclic amines) is 1. The zero-order valence-electron chi connectivity index (χ0n) is 11.5. The molecule has 17 heavy (non-hydrogen) atoms. The van der Waals surface area contributed by atoms with Crippen LogP contribution in [0.4, 0.5) is 0 Å². The van der Waals surface area contributed by atoms with Crippen molar-refractivity contribution in [3.05, 3.63) is 0 Å². The Labute approximate surface area is 106 Å². The lowest BCUT2D eigenvalue weighted by atomic mass is 9.86. The smallest absolute Gasteiger partial charge is 0.0140 e. The highest BCUT2D eigenvalue weighted by Crippen LogP contribution is 2.39. The first-order valence-corrected chi connectivity index (χ1v) is 7.76. The molecule has 2 aliphatic heterocycles. The first kappa shape index (κ1) is 12.0. The van der Waals surface area contributed by atoms with Crippen molar-refractivity contribution in [3.63, 3.8) is 0 Å². The van der Waals surface area contributed by atoms with Crippen LogP contribution in [0.1, 0.15) is 46.0 Å². The van der Waals surface area contributed by atoms with Crippen LogP contribution in [0.3, 0.4) is 0 Å². The van der Waals surface area contributed by atoms with Gasteiger partial charge < -0.3 is 5.32 Å². The lowest BCUT2D eigenvalue weighted by Gasteiger charge is -2.38.